The van der Waals surface area contributed by atoms with Crippen molar-refractivity contribution < 1.29 is 19.2 Å². The van der Waals surface area contributed by atoms with Gasteiger partial charge < -0.3 is 20.4 Å². The monoisotopic (exact) mass is 798 g/mol. The first-order chi connectivity index (χ1) is 29.0. The maximum absolute atomic E-state index is 13.5. The highest BCUT2D eigenvalue weighted by molar-refractivity contribution is 5.96. The van der Waals surface area contributed by atoms with Crippen molar-refractivity contribution in [3.05, 3.63) is 130 Å². The highest BCUT2D eigenvalue weighted by Crippen LogP contribution is 2.27. The summed E-state index contributed by atoms with van der Waals surface area (Å²) in [6.07, 6.45) is 0.285. The van der Waals surface area contributed by atoms with E-state index in [0.717, 1.165) is 33.4 Å². The third kappa shape index (κ3) is 10.8. The van der Waals surface area contributed by atoms with Crippen molar-refractivity contribution in [1.82, 2.24) is 21.5 Å². The molecule has 0 aromatic heterocycles. The van der Waals surface area contributed by atoms with Gasteiger partial charge in [-0.15, -0.1) is 0 Å². The van der Waals surface area contributed by atoms with E-state index >= 15 is 0 Å². The summed E-state index contributed by atoms with van der Waals surface area (Å²) < 4.78 is 0. The van der Waals surface area contributed by atoms with E-state index in [1.807, 2.05) is 97.1 Å². The Balaban J connectivity index is 0.931. The predicted octanol–water partition coefficient (Wildman–Crippen LogP) is 5.11. The number of amides is 4. The molecule has 0 saturated heterocycles. The van der Waals surface area contributed by atoms with Crippen LogP contribution < -0.4 is 31.3 Å². The van der Waals surface area contributed by atoms with Crippen LogP contribution in [-0.4, -0.2) is 47.8 Å². The molecule has 12 heteroatoms. The summed E-state index contributed by atoms with van der Waals surface area (Å²) in [7, 11) is 0. The lowest BCUT2D eigenvalue weighted by molar-refractivity contribution is -0.123. The number of hydrogen-bond donors (Lipinski definition) is 4. The van der Waals surface area contributed by atoms with Crippen LogP contribution in [0, 0.1) is 46.3 Å². The average Bonchev–Trinajstić information content (AvgIpc) is 3.25. The zero-order valence-corrected chi connectivity index (χ0v) is 33.7. The predicted molar refractivity (Wildman–Crippen MR) is 228 cm³/mol. The van der Waals surface area contributed by atoms with E-state index in [0.29, 0.717) is 24.5 Å². The number of nitriles is 2. The lowest BCUT2D eigenvalue weighted by Gasteiger charge is -2.30. The SMILES string of the molecule is CC(C#N)(CCC(=O)NCCC(=O)N1Cc2ccccc2C#Cc2ccccc21)NNC(C)(C#N)CCC(=O)NCCC(=O)N1Cc2ccccc2C#Cc2ccccc21. The van der Waals surface area contributed by atoms with Crippen LogP contribution in [0.1, 0.15) is 85.8 Å². The minimum Gasteiger partial charge on any atom is -0.356 e. The summed E-state index contributed by atoms with van der Waals surface area (Å²) >= 11 is 0. The highest BCUT2D eigenvalue weighted by atomic mass is 16.2. The number of nitrogens with zero attached hydrogens (tertiary/aromatic N) is 4. The van der Waals surface area contributed by atoms with E-state index < -0.39 is 11.1 Å². The van der Waals surface area contributed by atoms with E-state index in [1.165, 1.54) is 0 Å². The fraction of sp³-hybridized carbons (Fsp3) is 0.292. The van der Waals surface area contributed by atoms with Gasteiger partial charge in [-0.1, -0.05) is 84.3 Å². The quantitative estimate of drug-likeness (QED) is 0.0950. The molecule has 2 atom stereocenters. The van der Waals surface area contributed by atoms with Crippen LogP contribution in [-0.2, 0) is 32.3 Å². The van der Waals surface area contributed by atoms with Crippen molar-refractivity contribution in [2.75, 3.05) is 22.9 Å². The van der Waals surface area contributed by atoms with Crippen molar-refractivity contribution >= 4 is 35.0 Å². The van der Waals surface area contributed by atoms with E-state index in [9.17, 15) is 29.7 Å². The van der Waals surface area contributed by atoms with Gasteiger partial charge in [-0.3, -0.25) is 19.2 Å². The van der Waals surface area contributed by atoms with Gasteiger partial charge in [0.25, 0.3) is 0 Å². The minimum absolute atomic E-state index is 0.0181. The minimum atomic E-state index is -1.24. The summed E-state index contributed by atoms with van der Waals surface area (Å²) in [5.74, 6) is 11.8. The van der Waals surface area contributed by atoms with Crippen LogP contribution in [0.5, 0.6) is 0 Å². The molecule has 4 amide bonds. The molecule has 0 spiro atoms. The Kier molecular flexibility index (Phi) is 13.8. The molecule has 2 aliphatic rings. The van der Waals surface area contributed by atoms with Crippen LogP contribution in [0.3, 0.4) is 0 Å². The van der Waals surface area contributed by atoms with Crippen molar-refractivity contribution in [2.45, 2.75) is 76.5 Å². The van der Waals surface area contributed by atoms with Gasteiger partial charge in [0.15, 0.2) is 0 Å². The average molecular weight is 799 g/mol. The van der Waals surface area contributed by atoms with Crippen LogP contribution in [0.25, 0.3) is 0 Å². The molecule has 0 fully saturated rings. The maximum atomic E-state index is 13.5. The van der Waals surface area contributed by atoms with E-state index in [4.69, 9.17) is 0 Å². The Bertz CT molecular complexity index is 2330. The third-order valence-electron chi connectivity index (χ3n) is 10.5. The molecule has 60 heavy (non-hydrogen) atoms. The number of hydrazine groups is 1. The second-order valence-corrected chi connectivity index (χ2v) is 15.1. The van der Waals surface area contributed by atoms with E-state index in [1.54, 1.807) is 23.6 Å². The maximum Gasteiger partial charge on any atom is 0.229 e. The number of rotatable bonds is 15. The number of hydrogen-bond acceptors (Lipinski definition) is 8. The van der Waals surface area contributed by atoms with Crippen LogP contribution in [0.2, 0.25) is 0 Å². The molecule has 0 radical (unpaired) electrons. The summed E-state index contributed by atoms with van der Waals surface area (Å²) in [4.78, 5) is 56.2. The number of anilines is 2. The van der Waals surface area contributed by atoms with Gasteiger partial charge in [0.2, 0.25) is 23.6 Å². The lowest BCUT2D eigenvalue weighted by Crippen LogP contribution is -2.58. The first-order valence-electron chi connectivity index (χ1n) is 19.9. The Hall–Kier alpha value is -7.22. The molecule has 4 aromatic carbocycles. The highest BCUT2D eigenvalue weighted by Gasteiger charge is 2.31. The summed E-state index contributed by atoms with van der Waals surface area (Å²) in [6.45, 7) is 4.13. The number of nitrogens with one attached hydrogen (secondary N) is 4. The number of benzene rings is 4. The largest absolute Gasteiger partial charge is 0.356 e. The van der Waals surface area contributed by atoms with Gasteiger partial charge >= 0.3 is 0 Å². The summed E-state index contributed by atoms with van der Waals surface area (Å²) in [6, 6.07) is 34.7. The Morgan fingerprint density at radius 1 is 0.550 bits per heavy atom. The molecular formula is C48H46N8O4. The number of fused-ring (bicyclic) bond motifs is 4. The van der Waals surface area contributed by atoms with Gasteiger partial charge in [-0.25, -0.2) is 10.9 Å². The zero-order valence-electron chi connectivity index (χ0n) is 33.7. The van der Waals surface area contributed by atoms with Gasteiger partial charge in [-0.2, -0.15) is 10.5 Å². The molecule has 2 aliphatic heterocycles. The fourth-order valence-electron chi connectivity index (χ4n) is 6.78. The lowest BCUT2D eigenvalue weighted by atomic mass is 9.96. The van der Waals surface area contributed by atoms with Gasteiger partial charge in [-0.05, 0) is 74.2 Å². The normalized spacial score (nSPS) is 14.1. The Labute approximate surface area is 350 Å². The molecule has 12 nitrogen and oxygen atoms in total. The molecule has 0 bridgehead atoms. The van der Waals surface area contributed by atoms with Crippen molar-refractivity contribution in [1.29, 1.82) is 10.5 Å². The summed E-state index contributed by atoms with van der Waals surface area (Å²) in [5.41, 5.74) is 9.82. The molecule has 4 N–H and O–H groups in total. The molecule has 6 rings (SSSR count). The molecule has 2 unspecified atom stereocenters. The van der Waals surface area contributed by atoms with Gasteiger partial charge in [0, 0.05) is 61.0 Å². The molecule has 0 aliphatic carbocycles. The fourth-order valence-corrected chi connectivity index (χ4v) is 6.78. The van der Waals surface area contributed by atoms with Gasteiger partial charge in [0.1, 0.15) is 11.1 Å². The Morgan fingerprint density at radius 3 is 1.30 bits per heavy atom. The summed E-state index contributed by atoms with van der Waals surface area (Å²) in [5, 5.41) is 25.6. The van der Waals surface area contributed by atoms with Crippen molar-refractivity contribution in [2.24, 2.45) is 0 Å². The number of carbonyl (C=O) groups is 4. The van der Waals surface area contributed by atoms with E-state index in [2.05, 4.69) is 57.3 Å². The van der Waals surface area contributed by atoms with Crippen molar-refractivity contribution in [3.8, 4) is 35.8 Å². The van der Waals surface area contributed by atoms with Crippen LogP contribution in [0.15, 0.2) is 97.1 Å². The van der Waals surface area contributed by atoms with Gasteiger partial charge in [0.05, 0.1) is 36.6 Å². The van der Waals surface area contributed by atoms with Crippen molar-refractivity contribution in [3.63, 3.8) is 0 Å². The zero-order chi connectivity index (χ0) is 42.5. The molecule has 4 aromatic rings. The molecular weight excluding hydrogens is 753 g/mol. The topological polar surface area (TPSA) is 170 Å². The van der Waals surface area contributed by atoms with Crippen LogP contribution >= 0.6 is 0 Å². The first kappa shape index (κ1) is 42.4. The second-order valence-electron chi connectivity index (χ2n) is 15.1. The first-order valence-corrected chi connectivity index (χ1v) is 19.9. The molecule has 0 saturated carbocycles. The third-order valence-corrected chi connectivity index (χ3v) is 10.5. The number of para-hydroxylation sites is 2. The number of carbonyl (C=O) groups excluding carboxylic acids is 4. The van der Waals surface area contributed by atoms with Crippen LogP contribution in [0.4, 0.5) is 11.4 Å². The molecule has 2 heterocycles. The smallest absolute Gasteiger partial charge is 0.229 e. The standard InChI is InChI=1S/C48H46N8O4/c1-47(33-49,27-23-43(57)51-29-25-45(59)55-31-39-15-5-3-11-35(39)19-21-37-13-7-9-17-41(37)55)53-54-48(2,34-50)28-24-44(58)52-30-26-46(60)56-32-40-16-6-4-12-36(40)20-22-38-14-8-10-18-42(38)56/h3-18,53-54H,23-32H2,1-2H3,(H,51,57)(H,52,58). The second kappa shape index (κ2) is 19.5. The molecule has 302 valence electrons. The Morgan fingerprint density at radius 2 is 0.900 bits per heavy atom. The van der Waals surface area contributed by atoms with E-state index in [-0.39, 0.29) is 75.2 Å².